The number of amides is 2. The van der Waals surface area contributed by atoms with Gasteiger partial charge in [0.2, 0.25) is 11.8 Å². The van der Waals surface area contributed by atoms with E-state index in [1.54, 1.807) is 0 Å². The van der Waals surface area contributed by atoms with Crippen LogP contribution in [0.2, 0.25) is 0 Å². The van der Waals surface area contributed by atoms with Gasteiger partial charge in [-0.15, -0.1) is 5.11 Å². The summed E-state index contributed by atoms with van der Waals surface area (Å²) in [6, 6.07) is 9.39. The predicted octanol–water partition coefficient (Wildman–Crippen LogP) is 5.24. The number of azo groups is 1. The van der Waals surface area contributed by atoms with Gasteiger partial charge in [0.1, 0.15) is 0 Å². The highest BCUT2D eigenvalue weighted by molar-refractivity contribution is 5.87. The van der Waals surface area contributed by atoms with Crippen molar-refractivity contribution in [1.29, 1.82) is 0 Å². The lowest BCUT2D eigenvalue weighted by atomic mass is 10.2. The molecule has 0 aromatic heterocycles. The zero-order chi connectivity index (χ0) is 27.8. The fraction of sp³-hybridized carbons (Fsp3) is 0.333. The number of aryl methyl sites for hydroxylation is 1. The van der Waals surface area contributed by atoms with Gasteiger partial charge in [-0.25, -0.2) is 0 Å². The maximum Gasteiger partial charge on any atom is 0.269 e. The third-order valence-corrected chi connectivity index (χ3v) is 5.14. The largest absolute Gasteiger partial charge is 0.491 e. The molecule has 0 aliphatic carbocycles. The SMILES string of the molecule is C=CC(=O)NCCCCOc1cc(C)cc(OCCCCNC(=O)C=C)c1N=Nc1ccc([N+](=O)[O-])cc1. The fourth-order valence-electron chi connectivity index (χ4n) is 3.17. The van der Waals surface area contributed by atoms with Crippen molar-refractivity contribution in [3.05, 3.63) is 77.4 Å². The van der Waals surface area contributed by atoms with E-state index in [-0.39, 0.29) is 17.5 Å². The van der Waals surface area contributed by atoms with Crippen LogP contribution in [-0.2, 0) is 9.59 Å². The van der Waals surface area contributed by atoms with Gasteiger partial charge in [-0.2, -0.15) is 5.11 Å². The Labute approximate surface area is 221 Å². The number of ether oxygens (including phenoxy) is 2. The quantitative estimate of drug-likeness (QED) is 0.0953. The van der Waals surface area contributed by atoms with Gasteiger partial charge in [-0.1, -0.05) is 13.2 Å². The van der Waals surface area contributed by atoms with E-state index in [0.717, 1.165) is 18.4 Å². The number of rotatable bonds is 17. The van der Waals surface area contributed by atoms with Crippen molar-refractivity contribution in [2.24, 2.45) is 10.2 Å². The third kappa shape index (κ3) is 10.6. The van der Waals surface area contributed by atoms with E-state index < -0.39 is 4.92 Å². The maximum absolute atomic E-state index is 11.3. The van der Waals surface area contributed by atoms with Crippen LogP contribution in [0.5, 0.6) is 11.5 Å². The standard InChI is InChI=1S/C27H33N5O6/c1-4-25(33)28-14-6-8-16-37-23-18-20(3)19-24(38-17-9-7-15-29-26(34)5-2)27(23)31-30-21-10-12-22(13-11-21)32(35)36/h4-5,10-13,18-19H,1-2,6-9,14-17H2,3H3,(H,28,33)(H,29,34). The Bertz CT molecular complexity index is 1090. The lowest BCUT2D eigenvalue weighted by Crippen LogP contribution is -2.22. The van der Waals surface area contributed by atoms with Crippen LogP contribution in [0.15, 0.2) is 71.9 Å². The Hall–Kier alpha value is -4.54. The molecule has 0 unspecified atom stereocenters. The Balaban J connectivity index is 2.12. The van der Waals surface area contributed by atoms with E-state index in [4.69, 9.17) is 9.47 Å². The van der Waals surface area contributed by atoms with E-state index >= 15 is 0 Å². The smallest absolute Gasteiger partial charge is 0.269 e. The molecule has 0 saturated carbocycles. The van der Waals surface area contributed by atoms with Gasteiger partial charge in [0.15, 0.2) is 17.2 Å². The van der Waals surface area contributed by atoms with Crippen molar-refractivity contribution in [3.8, 4) is 11.5 Å². The topological polar surface area (TPSA) is 145 Å². The van der Waals surface area contributed by atoms with E-state index in [0.29, 0.717) is 62.0 Å². The van der Waals surface area contributed by atoms with Gasteiger partial charge in [0, 0.05) is 25.2 Å². The van der Waals surface area contributed by atoms with Crippen LogP contribution in [0.3, 0.4) is 0 Å². The van der Waals surface area contributed by atoms with E-state index in [1.807, 2.05) is 19.1 Å². The highest BCUT2D eigenvalue weighted by Crippen LogP contribution is 2.40. The lowest BCUT2D eigenvalue weighted by molar-refractivity contribution is -0.384. The summed E-state index contributed by atoms with van der Waals surface area (Å²) in [4.78, 5) is 33.0. The molecule has 11 heteroatoms. The molecule has 0 fully saturated rings. The number of hydrogen-bond acceptors (Lipinski definition) is 8. The molecule has 202 valence electrons. The number of unbranched alkanes of at least 4 members (excludes halogenated alkanes) is 2. The Kier molecular flexibility index (Phi) is 12.7. The van der Waals surface area contributed by atoms with Crippen molar-refractivity contribution < 1.29 is 24.0 Å². The van der Waals surface area contributed by atoms with Crippen molar-refractivity contribution >= 4 is 28.9 Å². The van der Waals surface area contributed by atoms with Crippen molar-refractivity contribution in [3.63, 3.8) is 0 Å². The number of carbonyl (C=O) groups excluding carboxylic acids is 2. The second kappa shape index (κ2) is 16.3. The summed E-state index contributed by atoms with van der Waals surface area (Å²) >= 11 is 0. The fourth-order valence-corrected chi connectivity index (χ4v) is 3.17. The molecular weight excluding hydrogens is 490 g/mol. The summed E-state index contributed by atoms with van der Waals surface area (Å²) in [7, 11) is 0. The molecule has 2 aromatic rings. The first-order valence-electron chi connectivity index (χ1n) is 12.2. The molecule has 38 heavy (non-hydrogen) atoms. The summed E-state index contributed by atoms with van der Waals surface area (Å²) in [5, 5.41) is 24.9. The van der Waals surface area contributed by atoms with Crippen molar-refractivity contribution in [2.75, 3.05) is 26.3 Å². The number of carbonyl (C=O) groups is 2. The second-order valence-electron chi connectivity index (χ2n) is 8.18. The summed E-state index contributed by atoms with van der Waals surface area (Å²) < 4.78 is 12.0. The Morgan fingerprint density at radius 3 is 1.84 bits per heavy atom. The Morgan fingerprint density at radius 2 is 1.39 bits per heavy atom. The van der Waals surface area contributed by atoms with Crippen molar-refractivity contribution in [2.45, 2.75) is 32.6 Å². The average Bonchev–Trinajstić information content (AvgIpc) is 2.91. The molecule has 0 atom stereocenters. The molecule has 0 saturated heterocycles. The van der Waals surface area contributed by atoms with Crippen LogP contribution in [0.25, 0.3) is 0 Å². The third-order valence-electron chi connectivity index (χ3n) is 5.14. The molecule has 0 aliphatic heterocycles. The zero-order valence-corrected chi connectivity index (χ0v) is 21.5. The number of nitro groups is 1. The molecule has 0 spiro atoms. The predicted molar refractivity (Wildman–Crippen MR) is 144 cm³/mol. The molecule has 2 N–H and O–H groups in total. The van der Waals surface area contributed by atoms with Crippen LogP contribution in [-0.4, -0.2) is 43.0 Å². The normalized spacial score (nSPS) is 10.6. The summed E-state index contributed by atoms with van der Waals surface area (Å²) in [6.45, 7) is 10.5. The van der Waals surface area contributed by atoms with Crippen LogP contribution >= 0.6 is 0 Å². The molecule has 11 nitrogen and oxygen atoms in total. The number of non-ortho nitro benzene ring substituents is 1. The number of hydrogen-bond donors (Lipinski definition) is 2. The maximum atomic E-state index is 11.3. The molecule has 2 rings (SSSR count). The second-order valence-corrected chi connectivity index (χ2v) is 8.18. The highest BCUT2D eigenvalue weighted by atomic mass is 16.6. The molecule has 2 aromatic carbocycles. The summed E-state index contributed by atoms with van der Waals surface area (Å²) in [6.07, 6.45) is 5.27. The molecular formula is C27H33N5O6. The molecule has 0 heterocycles. The van der Waals surface area contributed by atoms with Gasteiger partial charge in [-0.05, 0) is 74.6 Å². The molecule has 0 bridgehead atoms. The van der Waals surface area contributed by atoms with Crippen LogP contribution in [0, 0.1) is 17.0 Å². The van der Waals surface area contributed by atoms with E-state index in [9.17, 15) is 19.7 Å². The molecule has 0 aliphatic rings. The first kappa shape index (κ1) is 29.7. The van der Waals surface area contributed by atoms with Crippen LogP contribution in [0.1, 0.15) is 31.2 Å². The van der Waals surface area contributed by atoms with Crippen LogP contribution in [0.4, 0.5) is 17.1 Å². The van der Waals surface area contributed by atoms with Crippen LogP contribution < -0.4 is 20.1 Å². The highest BCUT2D eigenvalue weighted by Gasteiger charge is 2.14. The van der Waals surface area contributed by atoms with Gasteiger partial charge in [-0.3, -0.25) is 19.7 Å². The van der Waals surface area contributed by atoms with Gasteiger partial charge in [0.05, 0.1) is 23.8 Å². The minimum absolute atomic E-state index is 0.0408. The zero-order valence-electron chi connectivity index (χ0n) is 21.5. The monoisotopic (exact) mass is 523 g/mol. The first-order chi connectivity index (χ1) is 18.3. The van der Waals surface area contributed by atoms with Gasteiger partial charge < -0.3 is 20.1 Å². The van der Waals surface area contributed by atoms with Crippen molar-refractivity contribution in [1.82, 2.24) is 10.6 Å². The van der Waals surface area contributed by atoms with Gasteiger partial charge >= 0.3 is 0 Å². The minimum atomic E-state index is -0.482. The van der Waals surface area contributed by atoms with E-state index in [2.05, 4.69) is 34.0 Å². The summed E-state index contributed by atoms with van der Waals surface area (Å²) in [5.41, 5.74) is 1.69. The first-order valence-corrected chi connectivity index (χ1v) is 12.2. The summed E-state index contributed by atoms with van der Waals surface area (Å²) in [5.74, 6) is 0.532. The lowest BCUT2D eigenvalue weighted by Gasteiger charge is -2.15. The van der Waals surface area contributed by atoms with Gasteiger partial charge in [0.25, 0.3) is 5.69 Å². The Morgan fingerprint density at radius 1 is 0.895 bits per heavy atom. The number of nitrogens with zero attached hydrogens (tertiary/aromatic N) is 3. The number of nitro benzene ring substituents is 1. The molecule has 2 amide bonds. The molecule has 0 radical (unpaired) electrons. The van der Waals surface area contributed by atoms with E-state index in [1.165, 1.54) is 36.4 Å². The number of benzene rings is 2. The number of nitrogens with one attached hydrogen (secondary N) is 2. The average molecular weight is 524 g/mol. The minimum Gasteiger partial charge on any atom is -0.491 e.